The molecule has 3 aromatic rings. The molecule has 2 amide bonds. The fraction of sp³-hybridized carbons (Fsp3) is 0.222. The van der Waals surface area contributed by atoms with Crippen LogP contribution in [0.3, 0.4) is 0 Å². The van der Waals surface area contributed by atoms with Crippen LogP contribution < -0.4 is 10.6 Å². The van der Waals surface area contributed by atoms with E-state index >= 15 is 0 Å². The van der Waals surface area contributed by atoms with Crippen LogP contribution in [0, 0.1) is 6.92 Å². The Morgan fingerprint density at radius 1 is 0.914 bits per heavy atom. The van der Waals surface area contributed by atoms with Crippen LogP contribution in [0.25, 0.3) is 11.1 Å². The number of amides is 2. The summed E-state index contributed by atoms with van der Waals surface area (Å²) in [6, 6.07) is 21.0. The van der Waals surface area contributed by atoms with Gasteiger partial charge in [0.25, 0.3) is 0 Å². The van der Waals surface area contributed by atoms with Crippen molar-refractivity contribution in [2.45, 2.75) is 12.8 Å². The molecule has 0 bridgehead atoms. The van der Waals surface area contributed by atoms with Gasteiger partial charge in [0.05, 0.1) is 17.9 Å². The molecule has 0 fully saturated rings. The molecule has 1 aliphatic carbocycles. The van der Waals surface area contributed by atoms with Crippen LogP contribution in [0.4, 0.5) is 10.5 Å². The van der Waals surface area contributed by atoms with Gasteiger partial charge in [-0.3, -0.25) is 4.79 Å². The minimum absolute atomic E-state index is 0.0228. The number of anilines is 1. The molecule has 0 atom stereocenters. The summed E-state index contributed by atoms with van der Waals surface area (Å²) >= 11 is 0. The van der Waals surface area contributed by atoms with Gasteiger partial charge in [-0.15, -0.1) is 0 Å². The van der Waals surface area contributed by atoms with Gasteiger partial charge in [-0.2, -0.15) is 0 Å². The number of hydrogen-bond acceptors (Lipinski definition) is 5. The van der Waals surface area contributed by atoms with Crippen LogP contribution in [0.5, 0.6) is 0 Å². The molecule has 3 N–H and O–H groups in total. The summed E-state index contributed by atoms with van der Waals surface area (Å²) in [5, 5.41) is 14.5. The third-order valence-electron chi connectivity index (χ3n) is 5.85. The molecular formula is C27H26N2O6. The summed E-state index contributed by atoms with van der Waals surface area (Å²) in [6.45, 7) is 1.85. The Hall–Kier alpha value is -4.17. The van der Waals surface area contributed by atoms with Gasteiger partial charge in [-0.25, -0.2) is 9.59 Å². The van der Waals surface area contributed by atoms with Crippen molar-refractivity contribution in [2.75, 3.05) is 31.7 Å². The molecule has 0 radical (unpaired) electrons. The van der Waals surface area contributed by atoms with Crippen molar-refractivity contribution in [1.82, 2.24) is 5.32 Å². The quantitative estimate of drug-likeness (QED) is 0.401. The maximum Gasteiger partial charge on any atom is 0.407 e. The number of aryl methyl sites for hydroxylation is 1. The van der Waals surface area contributed by atoms with Gasteiger partial charge in [0.15, 0.2) is 0 Å². The van der Waals surface area contributed by atoms with Crippen LogP contribution in [0.15, 0.2) is 66.7 Å². The summed E-state index contributed by atoms with van der Waals surface area (Å²) in [5.41, 5.74) is 5.38. The number of carbonyl (C=O) groups is 3. The van der Waals surface area contributed by atoms with E-state index in [0.29, 0.717) is 5.56 Å². The van der Waals surface area contributed by atoms with Crippen LogP contribution >= 0.6 is 0 Å². The Morgan fingerprint density at radius 3 is 2.23 bits per heavy atom. The summed E-state index contributed by atoms with van der Waals surface area (Å²) in [7, 11) is 0. The van der Waals surface area contributed by atoms with Gasteiger partial charge in [0, 0.05) is 12.5 Å². The number of carbonyl (C=O) groups excluding carboxylic acids is 2. The van der Waals surface area contributed by atoms with Gasteiger partial charge >= 0.3 is 12.1 Å². The number of ether oxygens (including phenoxy) is 2. The number of alkyl carbamates (subject to hydrolysis) is 1. The molecule has 0 aromatic heterocycles. The average Bonchev–Trinajstić information content (AvgIpc) is 3.16. The third kappa shape index (κ3) is 5.50. The SMILES string of the molecule is Cc1cccc(NC(=O)COCCNC(=O)OCC2c3ccccc3-c3ccccc32)c1C(=O)O. The lowest BCUT2D eigenvalue weighted by atomic mass is 9.98. The zero-order chi connectivity index (χ0) is 24.8. The molecule has 0 heterocycles. The number of rotatable bonds is 9. The smallest absolute Gasteiger partial charge is 0.407 e. The molecule has 3 aromatic carbocycles. The molecule has 0 unspecified atom stereocenters. The molecule has 8 nitrogen and oxygen atoms in total. The Balaban J connectivity index is 1.19. The summed E-state index contributed by atoms with van der Waals surface area (Å²) < 4.78 is 10.7. The Bertz CT molecular complexity index is 1210. The molecular weight excluding hydrogens is 448 g/mol. The molecule has 1 aliphatic rings. The second kappa shape index (κ2) is 10.8. The van der Waals surface area contributed by atoms with E-state index in [1.165, 1.54) is 6.07 Å². The molecule has 35 heavy (non-hydrogen) atoms. The Labute approximate surface area is 202 Å². The topological polar surface area (TPSA) is 114 Å². The van der Waals surface area contributed by atoms with Gasteiger partial charge < -0.3 is 25.2 Å². The first-order valence-electron chi connectivity index (χ1n) is 11.2. The summed E-state index contributed by atoms with van der Waals surface area (Å²) in [5.74, 6) is -1.63. The first-order valence-corrected chi connectivity index (χ1v) is 11.2. The van der Waals surface area contributed by atoms with Crippen LogP contribution in [-0.4, -0.2) is 49.4 Å². The van der Waals surface area contributed by atoms with Crippen LogP contribution in [-0.2, 0) is 14.3 Å². The van der Waals surface area contributed by atoms with E-state index in [4.69, 9.17) is 9.47 Å². The second-order valence-corrected chi connectivity index (χ2v) is 8.16. The number of nitrogens with one attached hydrogen (secondary N) is 2. The lowest BCUT2D eigenvalue weighted by Crippen LogP contribution is -2.30. The molecule has 0 spiro atoms. The lowest BCUT2D eigenvalue weighted by Gasteiger charge is -2.14. The maximum absolute atomic E-state index is 12.2. The first kappa shape index (κ1) is 24.0. The zero-order valence-electron chi connectivity index (χ0n) is 19.2. The summed E-state index contributed by atoms with van der Waals surface area (Å²) in [6.07, 6.45) is -0.564. The first-order chi connectivity index (χ1) is 17.0. The third-order valence-corrected chi connectivity index (χ3v) is 5.85. The van der Waals surface area contributed by atoms with E-state index in [9.17, 15) is 19.5 Å². The van der Waals surface area contributed by atoms with Crippen molar-refractivity contribution in [3.63, 3.8) is 0 Å². The van der Waals surface area contributed by atoms with E-state index in [2.05, 4.69) is 34.9 Å². The van der Waals surface area contributed by atoms with Crippen molar-refractivity contribution in [2.24, 2.45) is 0 Å². The molecule has 4 rings (SSSR count). The van der Waals surface area contributed by atoms with Gasteiger partial charge in [0.1, 0.15) is 13.2 Å². The number of hydrogen-bond donors (Lipinski definition) is 3. The van der Waals surface area contributed by atoms with Crippen molar-refractivity contribution in [3.8, 4) is 11.1 Å². The minimum atomic E-state index is -1.12. The van der Waals surface area contributed by atoms with Crippen molar-refractivity contribution >= 4 is 23.7 Å². The van der Waals surface area contributed by atoms with Crippen molar-refractivity contribution < 1.29 is 29.0 Å². The highest BCUT2D eigenvalue weighted by atomic mass is 16.5. The van der Waals surface area contributed by atoms with Crippen LogP contribution in [0.2, 0.25) is 0 Å². The van der Waals surface area contributed by atoms with E-state index in [0.717, 1.165) is 22.3 Å². The molecule has 0 saturated heterocycles. The van der Waals surface area contributed by atoms with E-state index in [1.807, 2.05) is 24.3 Å². The fourth-order valence-corrected chi connectivity index (χ4v) is 4.28. The maximum atomic E-state index is 12.2. The normalized spacial score (nSPS) is 11.9. The van der Waals surface area contributed by atoms with E-state index in [-0.39, 0.29) is 43.5 Å². The molecule has 180 valence electrons. The van der Waals surface area contributed by atoms with Crippen LogP contribution in [0.1, 0.15) is 33.0 Å². The monoisotopic (exact) mass is 474 g/mol. The standard InChI is InChI=1S/C27H26N2O6/c1-17-7-6-12-23(25(17)26(31)32)29-24(30)16-34-14-13-28-27(33)35-15-22-20-10-4-2-8-18(20)19-9-3-5-11-21(19)22/h2-12,22H,13-16H2,1H3,(H,28,33)(H,29,30)(H,31,32). The van der Waals surface area contributed by atoms with Crippen molar-refractivity contribution in [1.29, 1.82) is 0 Å². The second-order valence-electron chi connectivity index (χ2n) is 8.16. The Morgan fingerprint density at radius 2 is 1.57 bits per heavy atom. The number of carboxylic acids is 1. The van der Waals surface area contributed by atoms with Gasteiger partial charge in [0.2, 0.25) is 5.91 Å². The fourth-order valence-electron chi connectivity index (χ4n) is 4.28. The predicted octanol–water partition coefficient (Wildman–Crippen LogP) is 4.19. The Kier molecular flexibility index (Phi) is 7.42. The lowest BCUT2D eigenvalue weighted by molar-refractivity contribution is -0.120. The van der Waals surface area contributed by atoms with E-state index < -0.39 is 18.0 Å². The molecule has 0 aliphatic heterocycles. The van der Waals surface area contributed by atoms with Gasteiger partial charge in [-0.05, 0) is 40.8 Å². The number of benzene rings is 3. The zero-order valence-corrected chi connectivity index (χ0v) is 19.2. The van der Waals surface area contributed by atoms with Gasteiger partial charge in [-0.1, -0.05) is 60.7 Å². The molecule has 0 saturated carbocycles. The highest BCUT2D eigenvalue weighted by Crippen LogP contribution is 2.44. The number of carboxylic acid groups (broad SMARTS) is 1. The highest BCUT2D eigenvalue weighted by Gasteiger charge is 2.28. The van der Waals surface area contributed by atoms with E-state index in [1.54, 1.807) is 19.1 Å². The molecule has 8 heteroatoms. The average molecular weight is 475 g/mol. The van der Waals surface area contributed by atoms with Crippen molar-refractivity contribution in [3.05, 3.63) is 89.0 Å². The predicted molar refractivity (Wildman–Crippen MR) is 131 cm³/mol. The largest absolute Gasteiger partial charge is 0.478 e. The summed E-state index contributed by atoms with van der Waals surface area (Å²) in [4.78, 5) is 35.7. The minimum Gasteiger partial charge on any atom is -0.478 e. The highest BCUT2D eigenvalue weighted by molar-refractivity contribution is 6.01. The number of fused-ring (bicyclic) bond motifs is 3. The number of aromatic carboxylic acids is 1.